The number of nitrogens with one attached hydrogen (secondary N) is 1. The molecule has 0 bridgehead atoms. The lowest BCUT2D eigenvalue weighted by molar-refractivity contribution is 0.0728. The van der Waals surface area contributed by atoms with Crippen LogP contribution in [0, 0.1) is 6.92 Å². The van der Waals surface area contributed by atoms with Gasteiger partial charge in [0.1, 0.15) is 0 Å². The Morgan fingerprint density at radius 1 is 0.912 bits per heavy atom. The molecule has 34 heavy (non-hydrogen) atoms. The lowest BCUT2D eigenvalue weighted by Crippen LogP contribution is -2.17. The van der Waals surface area contributed by atoms with Gasteiger partial charge in [0.25, 0.3) is 5.91 Å². The summed E-state index contributed by atoms with van der Waals surface area (Å²) in [7, 11) is 0. The van der Waals surface area contributed by atoms with Gasteiger partial charge < -0.3 is 9.47 Å². The number of carbonyl (C=O) groups is 2. The van der Waals surface area contributed by atoms with E-state index in [9.17, 15) is 9.59 Å². The summed E-state index contributed by atoms with van der Waals surface area (Å²) in [6.07, 6.45) is 1.51. The number of benzene rings is 4. The fraction of sp³-hybridized carbons (Fsp3) is 0.107. The number of rotatable bonds is 7. The van der Waals surface area contributed by atoms with Gasteiger partial charge in [-0.2, -0.15) is 5.10 Å². The van der Waals surface area contributed by atoms with Crippen LogP contribution in [0.2, 0.25) is 0 Å². The van der Waals surface area contributed by atoms with Crippen LogP contribution in [0.4, 0.5) is 0 Å². The number of hydrazone groups is 1. The molecule has 0 aromatic heterocycles. The maximum absolute atomic E-state index is 12.6. The van der Waals surface area contributed by atoms with Gasteiger partial charge in [-0.05, 0) is 66.6 Å². The lowest BCUT2D eigenvalue weighted by Gasteiger charge is -2.11. The number of aryl methyl sites for hydroxylation is 1. The van der Waals surface area contributed by atoms with Crippen molar-refractivity contribution >= 4 is 28.9 Å². The average Bonchev–Trinajstić information content (AvgIpc) is 2.85. The van der Waals surface area contributed by atoms with Gasteiger partial charge in [-0.25, -0.2) is 10.2 Å². The molecule has 0 atom stereocenters. The molecule has 0 aliphatic heterocycles. The Labute approximate surface area is 197 Å². The molecule has 1 N–H and O–H groups in total. The van der Waals surface area contributed by atoms with Crippen molar-refractivity contribution in [3.8, 4) is 11.5 Å². The van der Waals surface area contributed by atoms with Crippen molar-refractivity contribution in [1.82, 2.24) is 5.43 Å². The minimum atomic E-state index is -0.468. The highest BCUT2D eigenvalue weighted by Gasteiger charge is 2.13. The Balaban J connectivity index is 1.47. The van der Waals surface area contributed by atoms with Crippen LogP contribution in [0.5, 0.6) is 11.5 Å². The van der Waals surface area contributed by atoms with Crippen molar-refractivity contribution in [3.05, 3.63) is 107 Å². The second-order valence-corrected chi connectivity index (χ2v) is 7.62. The van der Waals surface area contributed by atoms with Crippen LogP contribution in [0.1, 0.15) is 38.8 Å². The molecule has 0 heterocycles. The first-order chi connectivity index (χ1) is 16.5. The Bertz CT molecular complexity index is 1360. The molecule has 0 saturated carbocycles. The summed E-state index contributed by atoms with van der Waals surface area (Å²) in [6, 6.07) is 25.5. The molecule has 4 aromatic carbocycles. The standard InChI is InChI=1S/C28H24N2O4/c1-3-33-26-17-20(13-16-25(26)34-28(32)22-14-11-19(2)12-15-22)18-29-30-27(31)24-10-6-8-21-7-4-5-9-23(21)24/h4-18H,3H2,1-2H3,(H,30,31)/b29-18-. The van der Waals surface area contributed by atoms with Gasteiger partial charge in [-0.15, -0.1) is 0 Å². The quantitative estimate of drug-likeness (QED) is 0.173. The van der Waals surface area contributed by atoms with Crippen LogP contribution >= 0.6 is 0 Å². The largest absolute Gasteiger partial charge is 0.490 e. The Kier molecular flexibility index (Phi) is 6.98. The number of hydrogen-bond acceptors (Lipinski definition) is 5. The first kappa shape index (κ1) is 22.7. The summed E-state index contributed by atoms with van der Waals surface area (Å²) in [5.41, 5.74) is 5.30. The number of nitrogens with zero attached hydrogens (tertiary/aromatic N) is 1. The molecule has 0 saturated heterocycles. The fourth-order valence-electron chi connectivity index (χ4n) is 3.46. The summed E-state index contributed by atoms with van der Waals surface area (Å²) in [5, 5.41) is 5.92. The summed E-state index contributed by atoms with van der Waals surface area (Å²) in [6.45, 7) is 4.19. The Hall–Kier alpha value is -4.45. The van der Waals surface area contributed by atoms with Gasteiger partial charge in [0.05, 0.1) is 18.4 Å². The molecule has 6 nitrogen and oxygen atoms in total. The summed E-state index contributed by atoms with van der Waals surface area (Å²) in [4.78, 5) is 25.1. The average molecular weight is 453 g/mol. The minimum Gasteiger partial charge on any atom is -0.490 e. The van der Waals surface area contributed by atoms with E-state index in [1.807, 2.05) is 62.4 Å². The van der Waals surface area contributed by atoms with E-state index in [4.69, 9.17) is 9.47 Å². The topological polar surface area (TPSA) is 77.0 Å². The van der Waals surface area contributed by atoms with Gasteiger partial charge >= 0.3 is 5.97 Å². The summed E-state index contributed by atoms with van der Waals surface area (Å²) >= 11 is 0. The molecule has 0 fully saturated rings. The van der Waals surface area contributed by atoms with E-state index in [2.05, 4.69) is 10.5 Å². The maximum Gasteiger partial charge on any atom is 0.343 e. The maximum atomic E-state index is 12.6. The molecular formula is C28H24N2O4. The third-order valence-corrected chi connectivity index (χ3v) is 5.17. The Morgan fingerprint density at radius 2 is 1.68 bits per heavy atom. The van der Waals surface area contributed by atoms with E-state index in [1.54, 1.807) is 36.4 Å². The van der Waals surface area contributed by atoms with Gasteiger partial charge in [0.2, 0.25) is 0 Å². The van der Waals surface area contributed by atoms with Crippen molar-refractivity contribution in [2.45, 2.75) is 13.8 Å². The zero-order valence-corrected chi connectivity index (χ0v) is 18.9. The second kappa shape index (κ2) is 10.4. The third-order valence-electron chi connectivity index (χ3n) is 5.17. The summed E-state index contributed by atoms with van der Waals surface area (Å²) < 4.78 is 11.2. The smallest absolute Gasteiger partial charge is 0.343 e. The van der Waals surface area contributed by atoms with Crippen molar-refractivity contribution < 1.29 is 19.1 Å². The van der Waals surface area contributed by atoms with Crippen LogP contribution in [0.25, 0.3) is 10.8 Å². The molecule has 4 rings (SSSR count). The van der Waals surface area contributed by atoms with E-state index in [0.29, 0.717) is 34.8 Å². The number of fused-ring (bicyclic) bond motifs is 1. The number of ether oxygens (including phenoxy) is 2. The van der Waals surface area contributed by atoms with E-state index >= 15 is 0 Å². The molecule has 0 unspecified atom stereocenters. The number of hydrogen-bond donors (Lipinski definition) is 1. The zero-order chi connectivity index (χ0) is 23.9. The number of amides is 1. The van der Waals surface area contributed by atoms with E-state index < -0.39 is 5.97 Å². The first-order valence-corrected chi connectivity index (χ1v) is 10.9. The first-order valence-electron chi connectivity index (χ1n) is 10.9. The van der Waals surface area contributed by atoms with Gasteiger partial charge in [0, 0.05) is 5.56 Å². The normalized spacial score (nSPS) is 10.9. The predicted octanol–water partition coefficient (Wildman–Crippen LogP) is 5.53. The van der Waals surface area contributed by atoms with Gasteiger partial charge in [-0.1, -0.05) is 54.1 Å². The van der Waals surface area contributed by atoms with Crippen LogP contribution in [-0.4, -0.2) is 24.7 Å². The third kappa shape index (κ3) is 5.30. The molecule has 6 heteroatoms. The lowest BCUT2D eigenvalue weighted by atomic mass is 10.0. The van der Waals surface area contributed by atoms with Crippen molar-refractivity contribution in [2.24, 2.45) is 5.10 Å². The number of carbonyl (C=O) groups excluding carboxylic acids is 2. The van der Waals surface area contributed by atoms with Crippen molar-refractivity contribution in [2.75, 3.05) is 6.61 Å². The SMILES string of the molecule is CCOc1cc(/C=N\NC(=O)c2cccc3ccccc23)ccc1OC(=O)c1ccc(C)cc1. The van der Waals surface area contributed by atoms with Crippen molar-refractivity contribution in [1.29, 1.82) is 0 Å². The highest BCUT2D eigenvalue weighted by atomic mass is 16.6. The molecule has 0 spiro atoms. The molecule has 170 valence electrons. The van der Waals surface area contributed by atoms with Crippen LogP contribution in [-0.2, 0) is 0 Å². The van der Waals surface area contributed by atoms with E-state index in [1.165, 1.54) is 6.21 Å². The predicted molar refractivity (Wildman–Crippen MR) is 133 cm³/mol. The number of esters is 1. The van der Waals surface area contributed by atoms with Gasteiger partial charge in [-0.3, -0.25) is 4.79 Å². The zero-order valence-electron chi connectivity index (χ0n) is 18.9. The Morgan fingerprint density at radius 3 is 2.47 bits per heavy atom. The molecule has 0 radical (unpaired) electrons. The van der Waals surface area contributed by atoms with E-state index in [-0.39, 0.29) is 5.91 Å². The molecule has 1 amide bonds. The van der Waals surface area contributed by atoms with Crippen LogP contribution < -0.4 is 14.9 Å². The molecule has 0 aliphatic rings. The second-order valence-electron chi connectivity index (χ2n) is 7.62. The van der Waals surface area contributed by atoms with Crippen LogP contribution in [0.15, 0.2) is 90.0 Å². The molecule has 4 aromatic rings. The molecular weight excluding hydrogens is 428 g/mol. The monoisotopic (exact) mass is 452 g/mol. The van der Waals surface area contributed by atoms with Crippen LogP contribution in [0.3, 0.4) is 0 Å². The fourth-order valence-corrected chi connectivity index (χ4v) is 3.46. The minimum absolute atomic E-state index is 0.304. The highest BCUT2D eigenvalue weighted by molar-refractivity contribution is 6.07. The highest BCUT2D eigenvalue weighted by Crippen LogP contribution is 2.29. The summed E-state index contributed by atoms with van der Waals surface area (Å²) in [5.74, 6) is -0.0527. The van der Waals surface area contributed by atoms with Crippen molar-refractivity contribution in [3.63, 3.8) is 0 Å². The van der Waals surface area contributed by atoms with E-state index in [0.717, 1.165) is 16.3 Å². The molecule has 0 aliphatic carbocycles. The van der Waals surface area contributed by atoms with Gasteiger partial charge in [0.15, 0.2) is 11.5 Å².